The number of H-pyrrole nitrogens is 1. The maximum atomic E-state index is 14.4. The van der Waals surface area contributed by atoms with Gasteiger partial charge in [0.05, 0.1) is 17.6 Å². The second-order valence-corrected chi connectivity index (χ2v) is 5.80. The van der Waals surface area contributed by atoms with Gasteiger partial charge in [-0.15, -0.1) is 11.3 Å². The van der Waals surface area contributed by atoms with Crippen LogP contribution in [0.25, 0.3) is 11.0 Å². The van der Waals surface area contributed by atoms with Gasteiger partial charge in [0.2, 0.25) is 0 Å². The Kier molecular flexibility index (Phi) is 3.88. The van der Waals surface area contributed by atoms with Crippen molar-refractivity contribution in [2.45, 2.75) is 33.2 Å². The van der Waals surface area contributed by atoms with Gasteiger partial charge in [0, 0.05) is 11.3 Å². The number of aromatic nitrogens is 3. The summed E-state index contributed by atoms with van der Waals surface area (Å²) in [5.41, 5.74) is 1.15. The van der Waals surface area contributed by atoms with Gasteiger partial charge in [0.15, 0.2) is 5.82 Å². The van der Waals surface area contributed by atoms with Crippen molar-refractivity contribution in [2.75, 3.05) is 5.32 Å². The third kappa shape index (κ3) is 2.63. The van der Waals surface area contributed by atoms with Crippen LogP contribution in [0.3, 0.4) is 0 Å². The highest BCUT2D eigenvalue weighted by Gasteiger charge is 2.17. The zero-order valence-electron chi connectivity index (χ0n) is 12.0. The van der Waals surface area contributed by atoms with E-state index in [1.54, 1.807) is 11.3 Å². The van der Waals surface area contributed by atoms with Gasteiger partial charge in [-0.05, 0) is 17.9 Å². The van der Waals surface area contributed by atoms with Crippen LogP contribution in [0.5, 0.6) is 0 Å². The highest BCUT2D eigenvalue weighted by molar-refractivity contribution is 7.09. The Labute approximate surface area is 126 Å². The van der Waals surface area contributed by atoms with Crippen LogP contribution < -0.4 is 5.32 Å². The molecule has 2 N–H and O–H groups in total. The molecule has 0 atom stereocenters. The minimum atomic E-state index is -0.246. The predicted octanol–water partition coefficient (Wildman–Crippen LogP) is 3.90. The van der Waals surface area contributed by atoms with Crippen molar-refractivity contribution in [2.24, 2.45) is 0 Å². The summed E-state index contributed by atoms with van der Waals surface area (Å²) in [5, 5.41) is 5.73. The Hall–Kier alpha value is -1.95. The zero-order chi connectivity index (χ0) is 14.8. The first-order valence-corrected chi connectivity index (χ1v) is 7.94. The minimum Gasteiger partial charge on any atom is -0.364 e. The van der Waals surface area contributed by atoms with Crippen LogP contribution in [-0.4, -0.2) is 15.0 Å². The van der Waals surface area contributed by atoms with Crippen molar-refractivity contribution in [1.29, 1.82) is 0 Å². The first-order valence-electron chi connectivity index (χ1n) is 7.06. The van der Waals surface area contributed by atoms with E-state index in [9.17, 15) is 4.39 Å². The molecule has 0 aliphatic rings. The Morgan fingerprint density at radius 1 is 1.29 bits per heavy atom. The zero-order valence-corrected chi connectivity index (χ0v) is 12.9. The Morgan fingerprint density at radius 2 is 2.14 bits per heavy atom. The number of aryl methyl sites for hydroxylation is 2. The second-order valence-electron chi connectivity index (χ2n) is 4.77. The number of thiophene rings is 1. The average molecular weight is 304 g/mol. The molecule has 0 saturated heterocycles. The Morgan fingerprint density at radius 3 is 2.81 bits per heavy atom. The molecule has 0 unspecified atom stereocenters. The number of hydrogen-bond donors (Lipinski definition) is 2. The predicted molar refractivity (Wildman–Crippen MR) is 84.2 cm³/mol. The maximum Gasteiger partial charge on any atom is 0.157 e. The number of anilines is 1. The van der Waals surface area contributed by atoms with Gasteiger partial charge in [-0.25, -0.2) is 14.4 Å². The molecule has 6 heteroatoms. The van der Waals surface area contributed by atoms with Crippen LogP contribution in [-0.2, 0) is 19.4 Å². The summed E-state index contributed by atoms with van der Waals surface area (Å²) in [5.74, 6) is 1.03. The lowest BCUT2D eigenvalue weighted by molar-refractivity contribution is 0.621. The van der Waals surface area contributed by atoms with Crippen LogP contribution >= 0.6 is 11.3 Å². The van der Waals surface area contributed by atoms with Gasteiger partial charge in [0.1, 0.15) is 17.3 Å². The lowest BCUT2D eigenvalue weighted by atomic mass is 10.2. The molecular weight excluding hydrogens is 287 g/mol. The molecule has 0 radical (unpaired) electrons. The summed E-state index contributed by atoms with van der Waals surface area (Å²) in [7, 11) is 0. The fraction of sp³-hybridized carbons (Fsp3) is 0.333. The Balaban J connectivity index is 2.03. The number of halogens is 1. The summed E-state index contributed by atoms with van der Waals surface area (Å²) in [4.78, 5) is 13.1. The topological polar surface area (TPSA) is 53.6 Å². The van der Waals surface area contributed by atoms with E-state index in [0.717, 1.165) is 0 Å². The molecular formula is C15H17FN4S. The van der Waals surface area contributed by atoms with E-state index in [1.807, 2.05) is 31.4 Å². The molecule has 0 aliphatic carbocycles. The van der Waals surface area contributed by atoms with Crippen LogP contribution in [0.4, 0.5) is 10.2 Å². The summed E-state index contributed by atoms with van der Waals surface area (Å²) in [6.07, 6.45) is 1.32. The normalized spacial score (nSPS) is 11.2. The molecule has 0 bridgehead atoms. The van der Waals surface area contributed by atoms with Crippen molar-refractivity contribution in [3.63, 3.8) is 0 Å². The summed E-state index contributed by atoms with van der Waals surface area (Å²) in [6.45, 7) is 4.55. The number of rotatable bonds is 5. The first-order chi connectivity index (χ1) is 10.2. The van der Waals surface area contributed by atoms with E-state index in [4.69, 9.17) is 0 Å². The third-order valence-corrected chi connectivity index (χ3v) is 4.27. The monoisotopic (exact) mass is 304 g/mol. The smallest absolute Gasteiger partial charge is 0.157 e. The standard InChI is InChI=1S/C15H17FN4S/c1-3-10-13(16)12-14(17-8-9-6-5-7-21-9)19-11(4-2)20-15(12)18-10/h5-7H,3-4,8H2,1-2H3,(H2,17,18,19,20). The fourth-order valence-corrected chi connectivity index (χ4v) is 2.91. The van der Waals surface area contributed by atoms with Gasteiger partial charge < -0.3 is 10.3 Å². The molecule has 0 aliphatic heterocycles. The quantitative estimate of drug-likeness (QED) is 0.751. The van der Waals surface area contributed by atoms with E-state index in [2.05, 4.69) is 20.3 Å². The van der Waals surface area contributed by atoms with Crippen molar-refractivity contribution in [3.05, 3.63) is 39.7 Å². The van der Waals surface area contributed by atoms with E-state index >= 15 is 0 Å². The molecule has 0 spiro atoms. The lowest BCUT2D eigenvalue weighted by Crippen LogP contribution is -2.04. The third-order valence-electron chi connectivity index (χ3n) is 3.39. The van der Waals surface area contributed by atoms with Gasteiger partial charge >= 0.3 is 0 Å². The van der Waals surface area contributed by atoms with Gasteiger partial charge in [-0.1, -0.05) is 19.9 Å². The number of nitrogens with one attached hydrogen (secondary N) is 2. The van der Waals surface area contributed by atoms with Crippen LogP contribution in [0.15, 0.2) is 17.5 Å². The molecule has 3 rings (SSSR count). The van der Waals surface area contributed by atoms with Crippen LogP contribution in [0.2, 0.25) is 0 Å². The molecule has 0 saturated carbocycles. The van der Waals surface area contributed by atoms with E-state index in [1.165, 1.54) is 4.88 Å². The highest BCUT2D eigenvalue weighted by Crippen LogP contribution is 2.27. The molecule has 0 aromatic carbocycles. The average Bonchev–Trinajstić information content (AvgIpc) is 3.12. The number of hydrogen-bond acceptors (Lipinski definition) is 4. The first kappa shape index (κ1) is 14.0. The Bertz CT molecular complexity index is 749. The number of aromatic amines is 1. The SMILES string of the molecule is CCc1nc(NCc2cccs2)c2c(F)c(CC)[nH]c2n1. The number of fused-ring (bicyclic) bond motifs is 1. The van der Waals surface area contributed by atoms with Gasteiger partial charge in [-0.3, -0.25) is 0 Å². The minimum absolute atomic E-state index is 0.246. The molecule has 4 nitrogen and oxygen atoms in total. The molecule has 0 amide bonds. The van der Waals surface area contributed by atoms with E-state index in [-0.39, 0.29) is 5.82 Å². The van der Waals surface area contributed by atoms with Gasteiger partial charge in [0.25, 0.3) is 0 Å². The van der Waals surface area contributed by atoms with E-state index < -0.39 is 0 Å². The molecule has 0 fully saturated rings. The van der Waals surface area contributed by atoms with Gasteiger partial charge in [-0.2, -0.15) is 0 Å². The molecule has 3 heterocycles. The number of nitrogens with zero attached hydrogens (tertiary/aromatic N) is 2. The van der Waals surface area contributed by atoms with Crippen molar-refractivity contribution >= 4 is 28.2 Å². The molecule has 3 aromatic rings. The fourth-order valence-electron chi connectivity index (χ4n) is 2.27. The second kappa shape index (κ2) is 5.81. The summed E-state index contributed by atoms with van der Waals surface area (Å²) in [6, 6.07) is 4.04. The van der Waals surface area contributed by atoms with Crippen LogP contribution in [0.1, 0.15) is 30.2 Å². The van der Waals surface area contributed by atoms with Crippen molar-refractivity contribution in [3.8, 4) is 0 Å². The van der Waals surface area contributed by atoms with Crippen molar-refractivity contribution in [1.82, 2.24) is 15.0 Å². The summed E-state index contributed by atoms with van der Waals surface area (Å²) < 4.78 is 14.4. The largest absolute Gasteiger partial charge is 0.364 e. The molecule has 110 valence electrons. The van der Waals surface area contributed by atoms with Crippen LogP contribution in [0, 0.1) is 5.82 Å². The highest BCUT2D eigenvalue weighted by atomic mass is 32.1. The van der Waals surface area contributed by atoms with Crippen molar-refractivity contribution < 1.29 is 4.39 Å². The lowest BCUT2D eigenvalue weighted by Gasteiger charge is -2.07. The molecule has 3 aromatic heterocycles. The maximum absolute atomic E-state index is 14.4. The molecule has 21 heavy (non-hydrogen) atoms. The summed E-state index contributed by atoms with van der Waals surface area (Å²) >= 11 is 1.66. The van der Waals surface area contributed by atoms with E-state index in [0.29, 0.717) is 47.8 Å².